The van der Waals surface area contributed by atoms with Crippen molar-refractivity contribution in [3.63, 3.8) is 0 Å². The zero-order valence-electron chi connectivity index (χ0n) is 13.0. The van der Waals surface area contributed by atoms with Gasteiger partial charge in [0.15, 0.2) is 16.4 Å². The Hall–Kier alpha value is -1.97. The third-order valence-electron chi connectivity index (χ3n) is 3.68. The average molecular weight is 345 g/mol. The topological polar surface area (TPSA) is 113 Å². The first kappa shape index (κ1) is 17.4. The monoisotopic (exact) mass is 345 g/mol. The molecule has 0 spiro atoms. The summed E-state index contributed by atoms with van der Waals surface area (Å²) in [6.07, 6.45) is 0.481. The number of amides is 2. The van der Waals surface area contributed by atoms with Crippen molar-refractivity contribution >= 4 is 33.3 Å². The van der Waals surface area contributed by atoms with Crippen molar-refractivity contribution in [2.75, 3.05) is 32.2 Å². The lowest BCUT2D eigenvalue weighted by Gasteiger charge is -2.27. The van der Waals surface area contributed by atoms with Gasteiger partial charge in [0.05, 0.1) is 17.5 Å². The largest absolute Gasteiger partial charge is 0.451 e. The summed E-state index contributed by atoms with van der Waals surface area (Å²) < 4.78 is 27.9. The fraction of sp³-hybridized carbons (Fsp3) is 0.692. The smallest absolute Gasteiger partial charge is 0.355 e. The molecular formula is C13H19N3O6S. The van der Waals surface area contributed by atoms with Crippen LogP contribution in [0.4, 0.5) is 0 Å². The molecule has 0 aromatic carbocycles. The second kappa shape index (κ2) is 6.65. The van der Waals surface area contributed by atoms with E-state index in [0.29, 0.717) is 6.42 Å². The van der Waals surface area contributed by atoms with Crippen LogP contribution in [-0.2, 0) is 29.0 Å². The molecule has 2 heterocycles. The van der Waals surface area contributed by atoms with E-state index < -0.39 is 28.5 Å². The van der Waals surface area contributed by atoms with Crippen LogP contribution in [0.25, 0.3) is 0 Å². The van der Waals surface area contributed by atoms with E-state index in [0.717, 1.165) is 5.01 Å². The van der Waals surface area contributed by atoms with Crippen molar-refractivity contribution in [3.8, 4) is 0 Å². The highest BCUT2D eigenvalue weighted by atomic mass is 32.2. The summed E-state index contributed by atoms with van der Waals surface area (Å²) in [5.41, 5.74) is 0.0282. The molecule has 0 radical (unpaired) electrons. The minimum atomic E-state index is -3.17. The number of likely N-dealkylation sites (N-methyl/N-ethyl adjacent to an activating group) is 1. The SMILES string of the molecule is CN(C)C(=O)COC(=O)C1=NN([C@@H]2CCS(=O)(=O)C2)C(=O)CC1. The molecule has 0 aromatic heterocycles. The summed E-state index contributed by atoms with van der Waals surface area (Å²) in [6, 6.07) is -0.543. The van der Waals surface area contributed by atoms with Gasteiger partial charge in [-0.25, -0.2) is 18.2 Å². The number of hydrogen-bond acceptors (Lipinski definition) is 7. The maximum atomic E-state index is 11.9. The molecule has 0 bridgehead atoms. The Morgan fingerprint density at radius 3 is 2.61 bits per heavy atom. The van der Waals surface area contributed by atoms with Crippen molar-refractivity contribution in [2.45, 2.75) is 25.3 Å². The summed E-state index contributed by atoms with van der Waals surface area (Å²) in [5.74, 6) is -1.59. The summed E-state index contributed by atoms with van der Waals surface area (Å²) in [5, 5.41) is 5.05. The number of ether oxygens (including phenoxy) is 1. The molecule has 1 fully saturated rings. The van der Waals surface area contributed by atoms with Crippen LogP contribution in [0.1, 0.15) is 19.3 Å². The molecule has 1 saturated heterocycles. The van der Waals surface area contributed by atoms with Crippen molar-refractivity contribution < 1.29 is 27.5 Å². The Balaban J connectivity index is 2.04. The molecule has 0 saturated carbocycles. The summed E-state index contributed by atoms with van der Waals surface area (Å²) >= 11 is 0. The molecule has 0 N–H and O–H groups in total. The third kappa shape index (κ3) is 4.27. The van der Waals surface area contributed by atoms with Gasteiger partial charge in [-0.2, -0.15) is 5.10 Å². The van der Waals surface area contributed by atoms with E-state index in [-0.39, 0.29) is 41.9 Å². The second-order valence-corrected chi connectivity index (χ2v) is 7.93. The number of rotatable bonds is 4. The van der Waals surface area contributed by atoms with Crippen LogP contribution in [0, 0.1) is 0 Å². The molecule has 0 unspecified atom stereocenters. The number of sulfone groups is 1. The Morgan fingerprint density at radius 2 is 2.04 bits per heavy atom. The lowest BCUT2D eigenvalue weighted by atomic mass is 10.1. The van der Waals surface area contributed by atoms with Crippen LogP contribution in [0.15, 0.2) is 5.10 Å². The predicted octanol–water partition coefficient (Wildman–Crippen LogP) is -1.22. The van der Waals surface area contributed by atoms with Gasteiger partial charge >= 0.3 is 5.97 Å². The number of carbonyl (C=O) groups excluding carboxylic acids is 3. The molecule has 9 nitrogen and oxygen atoms in total. The minimum Gasteiger partial charge on any atom is -0.451 e. The molecule has 2 aliphatic rings. The minimum absolute atomic E-state index is 0.00802. The van der Waals surface area contributed by atoms with E-state index in [2.05, 4.69) is 5.10 Å². The standard InChI is InChI=1S/C13H19N3O6S/c1-15(2)12(18)7-22-13(19)10-3-4-11(17)16(14-10)9-5-6-23(20,21)8-9/h9H,3-8H2,1-2H3/t9-/m1/s1. The van der Waals surface area contributed by atoms with E-state index in [9.17, 15) is 22.8 Å². The Kier molecular flexibility index (Phi) is 5.03. The Morgan fingerprint density at radius 1 is 1.35 bits per heavy atom. The van der Waals surface area contributed by atoms with Crippen molar-refractivity contribution in [1.82, 2.24) is 9.91 Å². The first-order chi connectivity index (χ1) is 10.7. The van der Waals surface area contributed by atoms with Gasteiger partial charge in [-0.15, -0.1) is 0 Å². The van der Waals surface area contributed by atoms with Crippen LogP contribution in [0.2, 0.25) is 0 Å². The maximum Gasteiger partial charge on any atom is 0.355 e. The van der Waals surface area contributed by atoms with Gasteiger partial charge in [-0.1, -0.05) is 0 Å². The van der Waals surface area contributed by atoms with Gasteiger partial charge in [-0.3, -0.25) is 9.59 Å². The fourth-order valence-electron chi connectivity index (χ4n) is 2.31. The summed E-state index contributed by atoms with van der Waals surface area (Å²) in [4.78, 5) is 36.6. The highest BCUT2D eigenvalue weighted by molar-refractivity contribution is 7.91. The van der Waals surface area contributed by atoms with Crippen LogP contribution in [0.5, 0.6) is 0 Å². The van der Waals surface area contributed by atoms with Gasteiger partial charge in [0.2, 0.25) is 5.91 Å². The quantitative estimate of drug-likeness (QED) is 0.590. The molecule has 0 aliphatic carbocycles. The molecule has 2 amide bonds. The molecule has 2 rings (SSSR count). The Bertz CT molecular complexity index is 655. The van der Waals surface area contributed by atoms with Crippen molar-refractivity contribution in [2.24, 2.45) is 5.10 Å². The molecule has 0 aromatic rings. The number of nitrogens with zero attached hydrogens (tertiary/aromatic N) is 3. The van der Waals surface area contributed by atoms with Gasteiger partial charge in [0.1, 0.15) is 5.71 Å². The first-order valence-electron chi connectivity index (χ1n) is 7.17. The van der Waals surface area contributed by atoms with Crippen LogP contribution < -0.4 is 0 Å². The normalized spacial score (nSPS) is 23.4. The van der Waals surface area contributed by atoms with Crippen LogP contribution in [0.3, 0.4) is 0 Å². The summed E-state index contributed by atoms with van der Waals surface area (Å²) in [6.45, 7) is -0.406. The van der Waals surface area contributed by atoms with Gasteiger partial charge in [-0.05, 0) is 6.42 Å². The molecule has 1 atom stereocenters. The van der Waals surface area contributed by atoms with Gasteiger partial charge in [0.25, 0.3) is 5.91 Å². The highest BCUT2D eigenvalue weighted by Crippen LogP contribution is 2.22. The van der Waals surface area contributed by atoms with Gasteiger partial charge in [0, 0.05) is 26.9 Å². The first-order valence-corrected chi connectivity index (χ1v) is 8.99. The van der Waals surface area contributed by atoms with Crippen molar-refractivity contribution in [3.05, 3.63) is 0 Å². The Labute approximate surface area is 134 Å². The van der Waals surface area contributed by atoms with E-state index in [1.54, 1.807) is 0 Å². The van der Waals surface area contributed by atoms with Crippen LogP contribution in [-0.4, -0.2) is 80.1 Å². The number of hydrazone groups is 1. The molecule has 2 aliphatic heterocycles. The zero-order valence-corrected chi connectivity index (χ0v) is 13.8. The fourth-order valence-corrected chi connectivity index (χ4v) is 4.00. The lowest BCUT2D eigenvalue weighted by molar-refractivity contribution is -0.146. The number of carbonyl (C=O) groups is 3. The number of hydrogen-bond donors (Lipinski definition) is 0. The molecule has 10 heteroatoms. The molecule has 23 heavy (non-hydrogen) atoms. The predicted molar refractivity (Wildman–Crippen MR) is 80.2 cm³/mol. The van der Waals surface area contributed by atoms with E-state index in [1.165, 1.54) is 19.0 Å². The second-order valence-electron chi connectivity index (χ2n) is 5.71. The molecular weight excluding hydrogens is 326 g/mol. The van der Waals surface area contributed by atoms with E-state index >= 15 is 0 Å². The lowest BCUT2D eigenvalue weighted by Crippen LogP contribution is -2.42. The van der Waals surface area contributed by atoms with E-state index in [4.69, 9.17) is 4.74 Å². The highest BCUT2D eigenvalue weighted by Gasteiger charge is 2.37. The zero-order chi connectivity index (χ0) is 17.2. The third-order valence-corrected chi connectivity index (χ3v) is 5.43. The number of esters is 1. The van der Waals surface area contributed by atoms with E-state index in [1.807, 2.05) is 0 Å². The summed E-state index contributed by atoms with van der Waals surface area (Å²) in [7, 11) is -0.0926. The van der Waals surface area contributed by atoms with Gasteiger partial charge < -0.3 is 9.64 Å². The molecule has 128 valence electrons. The maximum absolute atomic E-state index is 11.9. The van der Waals surface area contributed by atoms with Crippen LogP contribution >= 0.6 is 0 Å². The van der Waals surface area contributed by atoms with Crippen molar-refractivity contribution in [1.29, 1.82) is 0 Å². The average Bonchev–Trinajstić information content (AvgIpc) is 2.84.